The van der Waals surface area contributed by atoms with E-state index in [1.54, 1.807) is 0 Å². The summed E-state index contributed by atoms with van der Waals surface area (Å²) in [7, 11) is 1.18. The molecular formula is C11H21N3O4. The predicted octanol–water partition coefficient (Wildman–Crippen LogP) is -1.94. The van der Waals surface area contributed by atoms with Gasteiger partial charge in [0.2, 0.25) is 5.91 Å². The average Bonchev–Trinajstić information content (AvgIpc) is 2.37. The van der Waals surface area contributed by atoms with Gasteiger partial charge in [-0.2, -0.15) is 0 Å². The summed E-state index contributed by atoms with van der Waals surface area (Å²) in [5.74, 6) is -0.965. The van der Waals surface area contributed by atoms with Crippen LogP contribution in [0.4, 0.5) is 0 Å². The molecule has 18 heavy (non-hydrogen) atoms. The van der Waals surface area contributed by atoms with Crippen LogP contribution in [0.15, 0.2) is 0 Å². The van der Waals surface area contributed by atoms with E-state index in [1.165, 1.54) is 7.11 Å². The molecule has 0 bridgehead atoms. The standard InChI is InChI=1S/C11H21N3O4/c1-18-11(17)9(15)6-13-10(16)7-14-4-2-8(12)3-5-14/h8-9,15H,2-7,12H2,1H3,(H,13,16). The summed E-state index contributed by atoms with van der Waals surface area (Å²) in [6.45, 7) is 1.74. The number of nitrogens with two attached hydrogens (primary N) is 1. The van der Waals surface area contributed by atoms with E-state index in [9.17, 15) is 14.7 Å². The number of hydrogen-bond acceptors (Lipinski definition) is 6. The van der Waals surface area contributed by atoms with E-state index in [0.717, 1.165) is 25.9 Å². The van der Waals surface area contributed by atoms with Crippen molar-refractivity contribution in [3.63, 3.8) is 0 Å². The molecule has 7 nitrogen and oxygen atoms in total. The van der Waals surface area contributed by atoms with Crippen molar-refractivity contribution >= 4 is 11.9 Å². The normalized spacial score (nSPS) is 19.3. The first kappa shape index (κ1) is 14.9. The monoisotopic (exact) mass is 259 g/mol. The second-order valence-corrected chi connectivity index (χ2v) is 4.46. The Labute approximate surface area is 106 Å². The molecule has 1 unspecified atom stereocenters. The largest absolute Gasteiger partial charge is 0.467 e. The van der Waals surface area contributed by atoms with Gasteiger partial charge < -0.3 is 20.9 Å². The molecule has 0 aromatic carbocycles. The zero-order valence-electron chi connectivity index (χ0n) is 10.6. The number of carbonyl (C=O) groups is 2. The number of aliphatic hydroxyl groups is 1. The van der Waals surface area contributed by atoms with E-state index in [2.05, 4.69) is 10.1 Å². The summed E-state index contributed by atoms with van der Waals surface area (Å²) < 4.78 is 4.34. The highest BCUT2D eigenvalue weighted by Gasteiger charge is 2.20. The summed E-state index contributed by atoms with van der Waals surface area (Å²) in [5.41, 5.74) is 5.76. The number of ether oxygens (including phenoxy) is 1. The van der Waals surface area contributed by atoms with Crippen molar-refractivity contribution in [2.45, 2.75) is 25.0 Å². The van der Waals surface area contributed by atoms with E-state index in [1.807, 2.05) is 4.90 Å². The molecule has 0 aromatic heterocycles. The lowest BCUT2D eigenvalue weighted by molar-refractivity contribution is -0.150. The molecule has 0 aliphatic carbocycles. The Kier molecular flexibility index (Phi) is 6.03. The fourth-order valence-electron chi connectivity index (χ4n) is 1.80. The van der Waals surface area contributed by atoms with Crippen LogP contribution in [0, 0.1) is 0 Å². The maximum absolute atomic E-state index is 11.6. The van der Waals surface area contributed by atoms with Gasteiger partial charge in [0.15, 0.2) is 6.10 Å². The molecule has 1 atom stereocenters. The number of likely N-dealkylation sites (tertiary alicyclic amines) is 1. The summed E-state index contributed by atoms with van der Waals surface area (Å²) in [6.07, 6.45) is 0.463. The maximum atomic E-state index is 11.6. The Morgan fingerprint density at radius 2 is 2.11 bits per heavy atom. The number of aliphatic hydroxyl groups excluding tert-OH is 1. The van der Waals surface area contributed by atoms with Crippen molar-refractivity contribution in [2.75, 3.05) is 33.3 Å². The van der Waals surface area contributed by atoms with Gasteiger partial charge >= 0.3 is 5.97 Å². The van der Waals surface area contributed by atoms with Crippen molar-refractivity contribution in [3.05, 3.63) is 0 Å². The second kappa shape index (κ2) is 7.30. The van der Waals surface area contributed by atoms with Gasteiger partial charge in [-0.1, -0.05) is 0 Å². The molecule has 1 aliphatic heterocycles. The van der Waals surface area contributed by atoms with E-state index >= 15 is 0 Å². The molecule has 4 N–H and O–H groups in total. The maximum Gasteiger partial charge on any atom is 0.336 e. The van der Waals surface area contributed by atoms with Gasteiger partial charge in [0.05, 0.1) is 20.2 Å². The highest BCUT2D eigenvalue weighted by atomic mass is 16.5. The highest BCUT2D eigenvalue weighted by Crippen LogP contribution is 2.07. The molecule has 0 radical (unpaired) electrons. The highest BCUT2D eigenvalue weighted by molar-refractivity contribution is 5.80. The van der Waals surface area contributed by atoms with E-state index in [-0.39, 0.29) is 25.0 Å². The number of esters is 1. The van der Waals surface area contributed by atoms with Gasteiger partial charge in [-0.05, 0) is 12.8 Å². The summed E-state index contributed by atoms with van der Waals surface area (Å²) >= 11 is 0. The Morgan fingerprint density at radius 1 is 1.50 bits per heavy atom. The third-order valence-electron chi connectivity index (χ3n) is 2.97. The number of piperidine rings is 1. The van der Waals surface area contributed by atoms with Crippen molar-refractivity contribution in [3.8, 4) is 0 Å². The van der Waals surface area contributed by atoms with Gasteiger partial charge in [-0.15, -0.1) is 0 Å². The van der Waals surface area contributed by atoms with Crippen molar-refractivity contribution in [2.24, 2.45) is 5.73 Å². The van der Waals surface area contributed by atoms with Crippen LogP contribution in [-0.4, -0.2) is 67.3 Å². The van der Waals surface area contributed by atoms with Gasteiger partial charge in [0, 0.05) is 19.1 Å². The molecular weight excluding hydrogens is 238 g/mol. The first-order chi connectivity index (χ1) is 8.52. The Morgan fingerprint density at radius 3 is 2.67 bits per heavy atom. The summed E-state index contributed by atoms with van der Waals surface area (Å²) in [5, 5.41) is 11.8. The molecule has 7 heteroatoms. The van der Waals surface area contributed by atoms with Crippen LogP contribution >= 0.6 is 0 Å². The topological polar surface area (TPSA) is 105 Å². The van der Waals surface area contributed by atoms with Gasteiger partial charge in [0.25, 0.3) is 0 Å². The number of nitrogens with one attached hydrogen (secondary N) is 1. The minimum atomic E-state index is -1.31. The molecule has 1 aliphatic rings. The Balaban J connectivity index is 2.19. The molecule has 1 fully saturated rings. The molecule has 1 saturated heterocycles. The number of nitrogens with zero attached hydrogens (tertiary/aromatic N) is 1. The molecule has 0 spiro atoms. The molecule has 1 rings (SSSR count). The van der Waals surface area contributed by atoms with Crippen LogP contribution in [-0.2, 0) is 14.3 Å². The third kappa shape index (κ3) is 4.99. The second-order valence-electron chi connectivity index (χ2n) is 4.46. The number of rotatable bonds is 5. The van der Waals surface area contributed by atoms with Gasteiger partial charge in [0.1, 0.15) is 0 Å². The zero-order valence-corrected chi connectivity index (χ0v) is 10.6. The molecule has 1 amide bonds. The van der Waals surface area contributed by atoms with Crippen LogP contribution < -0.4 is 11.1 Å². The average molecular weight is 259 g/mol. The number of hydrogen-bond donors (Lipinski definition) is 3. The van der Waals surface area contributed by atoms with Crippen LogP contribution in [0.2, 0.25) is 0 Å². The molecule has 1 heterocycles. The first-order valence-electron chi connectivity index (χ1n) is 6.03. The van der Waals surface area contributed by atoms with E-state index in [0.29, 0.717) is 0 Å². The minimum absolute atomic E-state index is 0.126. The van der Waals surface area contributed by atoms with Crippen LogP contribution in [0.25, 0.3) is 0 Å². The van der Waals surface area contributed by atoms with E-state index in [4.69, 9.17) is 5.73 Å². The van der Waals surface area contributed by atoms with Gasteiger partial charge in [-0.3, -0.25) is 9.69 Å². The lowest BCUT2D eigenvalue weighted by atomic mass is 10.1. The lowest BCUT2D eigenvalue weighted by Crippen LogP contribution is -2.46. The molecule has 104 valence electrons. The third-order valence-corrected chi connectivity index (χ3v) is 2.97. The van der Waals surface area contributed by atoms with Crippen LogP contribution in [0.3, 0.4) is 0 Å². The van der Waals surface area contributed by atoms with Crippen LogP contribution in [0.1, 0.15) is 12.8 Å². The van der Waals surface area contributed by atoms with Crippen molar-refractivity contribution in [1.82, 2.24) is 10.2 Å². The van der Waals surface area contributed by atoms with Crippen LogP contribution in [0.5, 0.6) is 0 Å². The van der Waals surface area contributed by atoms with Crippen molar-refractivity contribution < 1.29 is 19.4 Å². The summed E-state index contributed by atoms with van der Waals surface area (Å²) in [6, 6.07) is 0.227. The van der Waals surface area contributed by atoms with Gasteiger partial charge in [-0.25, -0.2) is 4.79 Å². The fraction of sp³-hybridized carbons (Fsp3) is 0.818. The molecule has 0 saturated carbocycles. The Bertz CT molecular complexity index is 290. The SMILES string of the molecule is COC(=O)C(O)CNC(=O)CN1CCC(N)CC1. The Hall–Kier alpha value is -1.18. The zero-order chi connectivity index (χ0) is 13.5. The fourth-order valence-corrected chi connectivity index (χ4v) is 1.80. The first-order valence-corrected chi connectivity index (χ1v) is 6.03. The predicted molar refractivity (Wildman–Crippen MR) is 64.7 cm³/mol. The smallest absolute Gasteiger partial charge is 0.336 e. The summed E-state index contributed by atoms with van der Waals surface area (Å²) in [4.78, 5) is 24.5. The number of carbonyl (C=O) groups excluding carboxylic acids is 2. The minimum Gasteiger partial charge on any atom is -0.467 e. The lowest BCUT2D eigenvalue weighted by Gasteiger charge is -2.29. The number of amides is 1. The van der Waals surface area contributed by atoms with Crippen molar-refractivity contribution in [1.29, 1.82) is 0 Å². The molecule has 0 aromatic rings. The van der Waals surface area contributed by atoms with E-state index < -0.39 is 12.1 Å². The number of methoxy groups -OCH3 is 1. The quantitative estimate of drug-likeness (QED) is 0.496.